The first-order chi connectivity index (χ1) is 12.9. The Morgan fingerprint density at radius 3 is 2.22 bits per heavy atom. The summed E-state index contributed by atoms with van der Waals surface area (Å²) in [6.45, 7) is 5.42. The van der Waals surface area contributed by atoms with E-state index in [1.165, 1.54) is 12.1 Å². The molecular weight excluding hydrogens is 352 g/mol. The van der Waals surface area contributed by atoms with Gasteiger partial charge in [-0.3, -0.25) is 9.59 Å². The molecule has 0 spiro atoms. The second kappa shape index (κ2) is 8.98. The number of ether oxygens (including phenoxy) is 2. The van der Waals surface area contributed by atoms with Gasteiger partial charge < -0.3 is 20.1 Å². The van der Waals surface area contributed by atoms with Gasteiger partial charge in [0, 0.05) is 17.8 Å². The number of nitrogens with one attached hydrogen (secondary N) is 2. The lowest BCUT2D eigenvalue weighted by molar-refractivity contribution is -0.140. The molecule has 0 fully saturated rings. The topological polar surface area (TPSA) is 111 Å². The van der Waals surface area contributed by atoms with Crippen LogP contribution in [0.5, 0.6) is 0 Å². The molecule has 8 heteroatoms. The van der Waals surface area contributed by atoms with Crippen LogP contribution in [0.1, 0.15) is 37.6 Å². The lowest BCUT2D eigenvalue weighted by Crippen LogP contribution is -2.27. The number of rotatable bonds is 7. The number of hydrogen-bond acceptors (Lipinski definition) is 6. The summed E-state index contributed by atoms with van der Waals surface area (Å²) in [5.74, 6) is -2.80. The molecule has 1 atom stereocenters. The summed E-state index contributed by atoms with van der Waals surface area (Å²) < 4.78 is 9.86. The van der Waals surface area contributed by atoms with Crippen LogP contribution in [-0.4, -0.2) is 37.0 Å². The van der Waals surface area contributed by atoms with Gasteiger partial charge in [0.1, 0.15) is 0 Å². The summed E-state index contributed by atoms with van der Waals surface area (Å²) in [6.07, 6.45) is -0.197. The van der Waals surface area contributed by atoms with Crippen molar-refractivity contribution in [1.29, 1.82) is 0 Å². The number of amides is 2. The fourth-order valence-electron chi connectivity index (χ4n) is 2.73. The van der Waals surface area contributed by atoms with E-state index in [9.17, 15) is 19.2 Å². The summed E-state index contributed by atoms with van der Waals surface area (Å²) in [5, 5.41) is 5.21. The molecule has 2 N–H and O–H groups in total. The number of benzene rings is 1. The Hall–Kier alpha value is -3.16. The Labute approximate surface area is 156 Å². The monoisotopic (exact) mass is 374 g/mol. The van der Waals surface area contributed by atoms with E-state index in [1.54, 1.807) is 32.9 Å². The van der Waals surface area contributed by atoms with Crippen LogP contribution in [0.4, 0.5) is 5.69 Å². The van der Waals surface area contributed by atoms with Crippen molar-refractivity contribution in [3.05, 3.63) is 41.1 Å². The number of esters is 2. The molecule has 144 valence electrons. The number of allylic oxidation sites excluding steroid dienone is 1. The minimum atomic E-state index is -0.900. The summed E-state index contributed by atoms with van der Waals surface area (Å²) in [4.78, 5) is 48.1. The Kier molecular flexibility index (Phi) is 6.70. The van der Waals surface area contributed by atoms with Crippen molar-refractivity contribution in [3.8, 4) is 0 Å². The van der Waals surface area contributed by atoms with Gasteiger partial charge in [0.25, 0.3) is 0 Å². The normalized spacial score (nSPS) is 16.0. The first-order valence-corrected chi connectivity index (χ1v) is 8.63. The van der Waals surface area contributed by atoms with Gasteiger partial charge in [-0.25, -0.2) is 9.59 Å². The molecule has 1 heterocycles. The highest BCUT2D eigenvalue weighted by atomic mass is 16.5. The standard InChI is InChI=1S/C19H22N2O6/c1-4-26-18(24)12-6-8-13(9-7-12)21-15(22)10-14-16(19(25)27-5-2)11(3)20-17(14)23/h6-9,14H,4-5,10H2,1-3H3,(H,20,23)(H,21,22)/t14-/m1/s1. The first kappa shape index (κ1) is 20.2. The lowest BCUT2D eigenvalue weighted by Gasteiger charge is -2.12. The van der Waals surface area contributed by atoms with Gasteiger partial charge >= 0.3 is 11.9 Å². The third kappa shape index (κ3) is 4.93. The molecule has 2 amide bonds. The Morgan fingerprint density at radius 1 is 1.04 bits per heavy atom. The number of carbonyl (C=O) groups excluding carboxylic acids is 4. The van der Waals surface area contributed by atoms with E-state index >= 15 is 0 Å². The number of anilines is 1. The Balaban J connectivity index is 2.03. The van der Waals surface area contributed by atoms with Crippen molar-refractivity contribution in [2.24, 2.45) is 5.92 Å². The van der Waals surface area contributed by atoms with E-state index in [0.29, 0.717) is 16.9 Å². The third-order valence-electron chi connectivity index (χ3n) is 3.94. The van der Waals surface area contributed by atoms with Crippen LogP contribution < -0.4 is 10.6 Å². The molecule has 1 aliphatic rings. The van der Waals surface area contributed by atoms with Crippen LogP contribution in [0.2, 0.25) is 0 Å². The average Bonchev–Trinajstić information content (AvgIpc) is 2.89. The molecule has 1 aliphatic heterocycles. The van der Waals surface area contributed by atoms with Gasteiger partial charge in [-0.05, 0) is 45.0 Å². The second-order valence-corrected chi connectivity index (χ2v) is 5.85. The van der Waals surface area contributed by atoms with Gasteiger partial charge in [-0.15, -0.1) is 0 Å². The predicted molar refractivity (Wildman–Crippen MR) is 96.6 cm³/mol. The SMILES string of the molecule is CCOC(=O)C1=C(C)NC(=O)[C@@H]1CC(=O)Nc1ccc(C(=O)OCC)cc1. The van der Waals surface area contributed by atoms with Gasteiger partial charge in [0.15, 0.2) is 0 Å². The highest BCUT2D eigenvalue weighted by Gasteiger charge is 2.37. The fourth-order valence-corrected chi connectivity index (χ4v) is 2.73. The van der Waals surface area contributed by atoms with Gasteiger partial charge in [-0.2, -0.15) is 0 Å². The average molecular weight is 374 g/mol. The quantitative estimate of drug-likeness (QED) is 0.704. The van der Waals surface area contributed by atoms with Crippen LogP contribution >= 0.6 is 0 Å². The van der Waals surface area contributed by atoms with Gasteiger partial charge in [-0.1, -0.05) is 0 Å². The number of hydrogen-bond donors (Lipinski definition) is 2. The molecule has 0 aromatic heterocycles. The van der Waals surface area contributed by atoms with E-state index in [2.05, 4.69) is 10.6 Å². The number of carbonyl (C=O) groups is 4. The van der Waals surface area contributed by atoms with Crippen LogP contribution in [0.25, 0.3) is 0 Å². The lowest BCUT2D eigenvalue weighted by atomic mass is 9.96. The summed E-state index contributed by atoms with van der Waals surface area (Å²) in [5.41, 5.74) is 1.41. The molecule has 0 bridgehead atoms. The molecule has 0 radical (unpaired) electrons. The highest BCUT2D eigenvalue weighted by Crippen LogP contribution is 2.26. The van der Waals surface area contributed by atoms with Crippen LogP contribution in [0, 0.1) is 5.92 Å². The zero-order chi connectivity index (χ0) is 20.0. The van der Waals surface area contributed by atoms with Crippen molar-refractivity contribution >= 4 is 29.4 Å². The first-order valence-electron chi connectivity index (χ1n) is 8.63. The van der Waals surface area contributed by atoms with E-state index in [0.717, 1.165) is 0 Å². The van der Waals surface area contributed by atoms with E-state index in [-0.39, 0.29) is 25.2 Å². The van der Waals surface area contributed by atoms with E-state index in [1.807, 2.05) is 0 Å². The molecule has 0 unspecified atom stereocenters. The second-order valence-electron chi connectivity index (χ2n) is 5.85. The van der Waals surface area contributed by atoms with Crippen LogP contribution in [0.15, 0.2) is 35.5 Å². The summed E-state index contributed by atoms with van der Waals surface area (Å²) in [6, 6.07) is 6.19. The molecule has 1 aromatic rings. The smallest absolute Gasteiger partial charge is 0.338 e. The van der Waals surface area contributed by atoms with E-state index < -0.39 is 29.7 Å². The van der Waals surface area contributed by atoms with Crippen molar-refractivity contribution in [2.45, 2.75) is 27.2 Å². The molecule has 27 heavy (non-hydrogen) atoms. The summed E-state index contributed by atoms with van der Waals surface area (Å²) in [7, 11) is 0. The minimum Gasteiger partial charge on any atom is -0.463 e. The molecule has 0 saturated carbocycles. The highest BCUT2D eigenvalue weighted by molar-refractivity contribution is 6.05. The zero-order valence-corrected chi connectivity index (χ0v) is 15.5. The van der Waals surface area contributed by atoms with Gasteiger partial charge in [0.05, 0.1) is 30.3 Å². The maximum Gasteiger partial charge on any atom is 0.338 e. The Bertz CT molecular complexity index is 782. The molecule has 1 aromatic carbocycles. The molecular formula is C19H22N2O6. The Morgan fingerprint density at radius 2 is 1.63 bits per heavy atom. The van der Waals surface area contributed by atoms with Crippen molar-refractivity contribution < 1.29 is 28.7 Å². The van der Waals surface area contributed by atoms with Crippen molar-refractivity contribution in [3.63, 3.8) is 0 Å². The minimum absolute atomic E-state index is 0.176. The molecule has 0 aliphatic carbocycles. The predicted octanol–water partition coefficient (Wildman–Crippen LogP) is 1.77. The molecule has 0 saturated heterocycles. The molecule has 8 nitrogen and oxygen atoms in total. The van der Waals surface area contributed by atoms with Crippen LogP contribution in [0.3, 0.4) is 0 Å². The van der Waals surface area contributed by atoms with Gasteiger partial charge in [0.2, 0.25) is 11.8 Å². The zero-order valence-electron chi connectivity index (χ0n) is 15.5. The van der Waals surface area contributed by atoms with Crippen molar-refractivity contribution in [1.82, 2.24) is 5.32 Å². The maximum atomic E-state index is 12.3. The molecule has 2 rings (SSSR count). The fraction of sp³-hybridized carbons (Fsp3) is 0.368. The largest absolute Gasteiger partial charge is 0.463 e. The maximum absolute atomic E-state index is 12.3. The van der Waals surface area contributed by atoms with Crippen molar-refractivity contribution in [2.75, 3.05) is 18.5 Å². The van der Waals surface area contributed by atoms with E-state index in [4.69, 9.17) is 9.47 Å². The van der Waals surface area contributed by atoms with Crippen LogP contribution in [-0.2, 0) is 23.9 Å². The third-order valence-corrected chi connectivity index (χ3v) is 3.94. The summed E-state index contributed by atoms with van der Waals surface area (Å²) >= 11 is 0.